The third kappa shape index (κ3) is 3.88. The number of carbonyl (C=O) groups is 1. The van der Waals surface area contributed by atoms with E-state index in [1.54, 1.807) is 0 Å². The van der Waals surface area contributed by atoms with Crippen molar-refractivity contribution in [3.8, 4) is 11.8 Å². The van der Waals surface area contributed by atoms with Gasteiger partial charge in [-0.25, -0.2) is 9.97 Å². The van der Waals surface area contributed by atoms with Crippen molar-refractivity contribution in [3.63, 3.8) is 0 Å². The fraction of sp³-hybridized carbons (Fsp3) is 0.214. The fourth-order valence-electron chi connectivity index (χ4n) is 1.48. The number of nitrogens with one attached hydrogen (secondary N) is 1. The van der Waals surface area contributed by atoms with Crippen molar-refractivity contribution in [2.75, 3.05) is 6.61 Å². The molecule has 0 radical (unpaired) electrons. The molecule has 0 spiro atoms. The molecule has 2 aromatic heterocycles. The Kier molecular flexibility index (Phi) is 5.24. The SMILES string of the molecule is O=C(NCc1sccc1C#CCCO)c1cncnc1. The average Bonchev–Trinajstić information content (AvgIpc) is 2.93. The summed E-state index contributed by atoms with van der Waals surface area (Å²) in [6, 6.07) is 1.90. The molecule has 0 unspecified atom stereocenters. The monoisotopic (exact) mass is 287 g/mol. The van der Waals surface area contributed by atoms with E-state index in [1.807, 2.05) is 11.4 Å². The van der Waals surface area contributed by atoms with E-state index in [9.17, 15) is 4.79 Å². The first-order chi connectivity index (χ1) is 9.81. The molecular weight excluding hydrogens is 274 g/mol. The first-order valence-corrected chi connectivity index (χ1v) is 6.88. The van der Waals surface area contributed by atoms with Crippen molar-refractivity contribution in [1.29, 1.82) is 0 Å². The minimum absolute atomic E-state index is 0.0528. The molecule has 2 rings (SSSR count). The third-order valence-electron chi connectivity index (χ3n) is 2.44. The highest BCUT2D eigenvalue weighted by molar-refractivity contribution is 7.10. The number of amides is 1. The van der Waals surface area contributed by atoms with Crippen LogP contribution in [0, 0.1) is 11.8 Å². The van der Waals surface area contributed by atoms with Crippen LogP contribution in [0.1, 0.15) is 27.2 Å². The van der Waals surface area contributed by atoms with Crippen LogP contribution >= 0.6 is 11.3 Å². The second kappa shape index (κ2) is 7.38. The molecule has 2 aromatic rings. The Hall–Kier alpha value is -2.23. The maximum absolute atomic E-state index is 11.9. The molecule has 0 aromatic carbocycles. The lowest BCUT2D eigenvalue weighted by Crippen LogP contribution is -2.22. The van der Waals surface area contributed by atoms with E-state index < -0.39 is 0 Å². The minimum Gasteiger partial charge on any atom is -0.395 e. The van der Waals surface area contributed by atoms with Crippen LogP contribution in [-0.2, 0) is 6.54 Å². The van der Waals surface area contributed by atoms with Crippen molar-refractivity contribution in [3.05, 3.63) is 46.2 Å². The van der Waals surface area contributed by atoms with Gasteiger partial charge in [-0.2, -0.15) is 0 Å². The third-order valence-corrected chi connectivity index (χ3v) is 3.36. The predicted molar refractivity (Wildman–Crippen MR) is 76.1 cm³/mol. The first-order valence-electron chi connectivity index (χ1n) is 6.00. The van der Waals surface area contributed by atoms with Gasteiger partial charge in [0.1, 0.15) is 6.33 Å². The first kappa shape index (κ1) is 14.2. The van der Waals surface area contributed by atoms with Gasteiger partial charge in [0.2, 0.25) is 0 Å². The lowest BCUT2D eigenvalue weighted by Gasteiger charge is -2.03. The van der Waals surface area contributed by atoms with Crippen LogP contribution in [0.2, 0.25) is 0 Å². The quantitative estimate of drug-likeness (QED) is 0.829. The molecule has 102 valence electrons. The van der Waals surface area contributed by atoms with Crippen LogP contribution in [-0.4, -0.2) is 27.6 Å². The van der Waals surface area contributed by atoms with E-state index in [-0.39, 0.29) is 12.5 Å². The molecule has 0 saturated heterocycles. The molecular formula is C14H13N3O2S. The molecule has 0 aliphatic carbocycles. The van der Waals surface area contributed by atoms with Crippen molar-refractivity contribution < 1.29 is 9.90 Å². The number of hydrogen-bond donors (Lipinski definition) is 2. The highest BCUT2D eigenvalue weighted by Gasteiger charge is 2.07. The normalized spacial score (nSPS) is 9.65. The number of aliphatic hydroxyl groups is 1. The Morgan fingerprint density at radius 2 is 2.20 bits per heavy atom. The highest BCUT2D eigenvalue weighted by Crippen LogP contribution is 2.15. The Balaban J connectivity index is 1.97. The zero-order valence-corrected chi connectivity index (χ0v) is 11.5. The maximum Gasteiger partial charge on any atom is 0.254 e. The number of nitrogens with zero attached hydrogens (tertiary/aromatic N) is 2. The number of hydrogen-bond acceptors (Lipinski definition) is 5. The Bertz CT molecular complexity index is 629. The van der Waals surface area contributed by atoms with Gasteiger partial charge in [0.05, 0.1) is 18.7 Å². The standard InChI is InChI=1S/C14H13N3O2S/c18-5-2-1-3-11-4-6-20-13(11)9-17-14(19)12-7-15-10-16-8-12/h4,6-8,10,18H,2,5,9H2,(H,17,19). The number of aliphatic hydroxyl groups excluding tert-OH is 1. The summed E-state index contributed by atoms with van der Waals surface area (Å²) in [5.74, 6) is 5.64. The summed E-state index contributed by atoms with van der Waals surface area (Å²) in [6.07, 6.45) is 4.77. The van der Waals surface area contributed by atoms with Gasteiger partial charge in [0.15, 0.2) is 0 Å². The maximum atomic E-state index is 11.9. The van der Waals surface area contributed by atoms with E-state index in [0.29, 0.717) is 18.5 Å². The van der Waals surface area contributed by atoms with E-state index in [2.05, 4.69) is 27.1 Å². The largest absolute Gasteiger partial charge is 0.395 e. The Morgan fingerprint density at radius 1 is 1.40 bits per heavy atom. The second-order valence-electron chi connectivity index (χ2n) is 3.84. The Morgan fingerprint density at radius 3 is 2.95 bits per heavy atom. The lowest BCUT2D eigenvalue weighted by molar-refractivity contribution is 0.0950. The molecule has 2 heterocycles. The fourth-order valence-corrected chi connectivity index (χ4v) is 2.25. The van der Waals surface area contributed by atoms with Gasteiger partial charge in [-0.3, -0.25) is 4.79 Å². The summed E-state index contributed by atoms with van der Waals surface area (Å²) >= 11 is 1.53. The summed E-state index contributed by atoms with van der Waals surface area (Å²) in [4.78, 5) is 20.4. The summed E-state index contributed by atoms with van der Waals surface area (Å²) in [5.41, 5.74) is 1.31. The Labute approximate surface area is 120 Å². The molecule has 6 heteroatoms. The van der Waals surface area contributed by atoms with Gasteiger partial charge >= 0.3 is 0 Å². The van der Waals surface area contributed by atoms with Gasteiger partial charge in [-0.15, -0.1) is 11.3 Å². The molecule has 0 fully saturated rings. The van der Waals surface area contributed by atoms with Gasteiger partial charge in [-0.05, 0) is 11.4 Å². The molecule has 0 bridgehead atoms. The predicted octanol–water partition coefficient (Wildman–Crippen LogP) is 1.20. The molecule has 2 N–H and O–H groups in total. The van der Waals surface area contributed by atoms with Crippen LogP contribution in [0.25, 0.3) is 0 Å². The van der Waals surface area contributed by atoms with Crippen LogP contribution in [0.15, 0.2) is 30.2 Å². The summed E-state index contributed by atoms with van der Waals surface area (Å²) in [6.45, 7) is 0.464. The van der Waals surface area contributed by atoms with Crippen molar-refractivity contribution in [1.82, 2.24) is 15.3 Å². The molecule has 0 aliphatic rings. The van der Waals surface area contributed by atoms with E-state index in [0.717, 1.165) is 10.4 Å². The highest BCUT2D eigenvalue weighted by atomic mass is 32.1. The second-order valence-corrected chi connectivity index (χ2v) is 4.84. The van der Waals surface area contributed by atoms with Crippen molar-refractivity contribution >= 4 is 17.2 Å². The number of thiophene rings is 1. The van der Waals surface area contributed by atoms with E-state index >= 15 is 0 Å². The number of aromatic nitrogens is 2. The zero-order valence-electron chi connectivity index (χ0n) is 10.7. The minimum atomic E-state index is -0.215. The van der Waals surface area contributed by atoms with Crippen LogP contribution < -0.4 is 5.32 Å². The molecule has 0 saturated carbocycles. The summed E-state index contributed by atoms with van der Waals surface area (Å²) in [7, 11) is 0. The molecule has 0 atom stereocenters. The van der Waals surface area contributed by atoms with Crippen molar-refractivity contribution in [2.45, 2.75) is 13.0 Å². The zero-order chi connectivity index (χ0) is 14.2. The topological polar surface area (TPSA) is 75.1 Å². The molecule has 20 heavy (non-hydrogen) atoms. The van der Waals surface area contributed by atoms with Gasteiger partial charge in [0.25, 0.3) is 5.91 Å². The van der Waals surface area contributed by atoms with Crippen LogP contribution in [0.3, 0.4) is 0 Å². The molecule has 5 nitrogen and oxygen atoms in total. The summed E-state index contributed by atoms with van der Waals surface area (Å²) in [5, 5.41) is 13.4. The van der Waals surface area contributed by atoms with Crippen LogP contribution in [0.4, 0.5) is 0 Å². The van der Waals surface area contributed by atoms with E-state index in [4.69, 9.17) is 5.11 Å². The smallest absolute Gasteiger partial charge is 0.254 e. The summed E-state index contributed by atoms with van der Waals surface area (Å²) < 4.78 is 0. The lowest BCUT2D eigenvalue weighted by atomic mass is 10.2. The molecule has 0 aliphatic heterocycles. The van der Waals surface area contributed by atoms with E-state index in [1.165, 1.54) is 30.1 Å². The van der Waals surface area contributed by atoms with Gasteiger partial charge < -0.3 is 10.4 Å². The molecule has 1 amide bonds. The number of rotatable bonds is 4. The van der Waals surface area contributed by atoms with Gasteiger partial charge in [-0.1, -0.05) is 11.8 Å². The van der Waals surface area contributed by atoms with Gasteiger partial charge in [0, 0.05) is 29.3 Å². The van der Waals surface area contributed by atoms with Crippen molar-refractivity contribution in [2.24, 2.45) is 0 Å². The number of carbonyl (C=O) groups excluding carboxylic acids is 1. The van der Waals surface area contributed by atoms with Crippen LogP contribution in [0.5, 0.6) is 0 Å². The average molecular weight is 287 g/mol.